The molecule has 1 N–H and O–H groups in total. The standard InChI is InChI=1S/C20H24ClN3O4/c1-14-13-17(23-28-14)20(26)22-15-8-10-24(11-9-15)19(25)7-4-12-27-18-6-3-2-5-16(18)21/h2-3,5-6,13,15H,4,7-12H2,1H3,(H,22,26). The van der Waals surface area contributed by atoms with E-state index in [0.29, 0.717) is 49.1 Å². The zero-order chi connectivity index (χ0) is 19.9. The molecule has 1 aromatic heterocycles. The van der Waals surface area contributed by atoms with Crippen molar-refractivity contribution < 1.29 is 18.8 Å². The van der Waals surface area contributed by atoms with Crippen molar-refractivity contribution in [3.63, 3.8) is 0 Å². The number of para-hydroxylation sites is 1. The number of aryl methyl sites for hydroxylation is 1. The second kappa shape index (κ2) is 9.59. The number of piperidine rings is 1. The first-order chi connectivity index (χ1) is 13.5. The molecule has 28 heavy (non-hydrogen) atoms. The maximum atomic E-state index is 12.4. The number of nitrogens with one attached hydrogen (secondary N) is 1. The molecule has 150 valence electrons. The highest BCUT2D eigenvalue weighted by atomic mass is 35.5. The summed E-state index contributed by atoms with van der Waals surface area (Å²) in [5, 5.41) is 7.24. The Kier molecular flexibility index (Phi) is 6.92. The number of amides is 2. The van der Waals surface area contributed by atoms with E-state index in [4.69, 9.17) is 20.9 Å². The molecule has 8 heteroatoms. The van der Waals surface area contributed by atoms with Crippen LogP contribution in [-0.2, 0) is 4.79 Å². The molecule has 1 saturated heterocycles. The molecule has 1 aliphatic rings. The summed E-state index contributed by atoms with van der Waals surface area (Å²) in [6.45, 7) is 3.45. The molecular formula is C20H24ClN3O4. The van der Waals surface area contributed by atoms with E-state index >= 15 is 0 Å². The average Bonchev–Trinajstić information content (AvgIpc) is 3.13. The van der Waals surface area contributed by atoms with E-state index in [-0.39, 0.29) is 23.6 Å². The van der Waals surface area contributed by atoms with E-state index < -0.39 is 0 Å². The molecule has 0 atom stereocenters. The average molecular weight is 406 g/mol. The summed E-state index contributed by atoms with van der Waals surface area (Å²) >= 11 is 6.04. The summed E-state index contributed by atoms with van der Waals surface area (Å²) in [5.74, 6) is 1.11. The highest BCUT2D eigenvalue weighted by Gasteiger charge is 2.24. The number of carbonyl (C=O) groups is 2. The van der Waals surface area contributed by atoms with E-state index in [9.17, 15) is 9.59 Å². The monoisotopic (exact) mass is 405 g/mol. The van der Waals surface area contributed by atoms with Gasteiger partial charge in [0.2, 0.25) is 5.91 Å². The lowest BCUT2D eigenvalue weighted by Crippen LogP contribution is -2.46. The van der Waals surface area contributed by atoms with E-state index in [2.05, 4.69) is 10.5 Å². The SMILES string of the molecule is Cc1cc(C(=O)NC2CCN(C(=O)CCCOc3ccccc3Cl)CC2)no1. The molecular weight excluding hydrogens is 382 g/mol. The fourth-order valence-electron chi connectivity index (χ4n) is 3.13. The molecule has 0 unspecified atom stereocenters. The van der Waals surface area contributed by atoms with Crippen LogP contribution < -0.4 is 10.1 Å². The molecule has 1 aliphatic heterocycles. The Morgan fingerprint density at radius 3 is 2.75 bits per heavy atom. The minimum Gasteiger partial charge on any atom is -0.492 e. The number of aromatic nitrogens is 1. The topological polar surface area (TPSA) is 84.7 Å². The normalized spacial score (nSPS) is 14.7. The number of nitrogens with zero attached hydrogens (tertiary/aromatic N) is 2. The maximum absolute atomic E-state index is 12.4. The molecule has 2 heterocycles. The number of benzene rings is 1. The third-order valence-corrected chi connectivity index (χ3v) is 4.98. The third kappa shape index (κ3) is 5.48. The second-order valence-corrected chi connectivity index (χ2v) is 7.24. The first-order valence-corrected chi connectivity index (χ1v) is 9.80. The predicted molar refractivity (Wildman–Crippen MR) is 104 cm³/mol. The Balaban J connectivity index is 1.34. The summed E-state index contributed by atoms with van der Waals surface area (Å²) in [7, 11) is 0. The predicted octanol–water partition coefficient (Wildman–Crippen LogP) is 3.22. The molecule has 0 bridgehead atoms. The Morgan fingerprint density at radius 2 is 2.07 bits per heavy atom. The summed E-state index contributed by atoms with van der Waals surface area (Å²) in [5.41, 5.74) is 0.287. The van der Waals surface area contributed by atoms with Crippen LogP contribution >= 0.6 is 11.6 Å². The Labute approximate surface area is 169 Å². The van der Waals surface area contributed by atoms with Crippen LogP contribution in [0.4, 0.5) is 0 Å². The van der Waals surface area contributed by atoms with Crippen molar-refractivity contribution >= 4 is 23.4 Å². The lowest BCUT2D eigenvalue weighted by molar-refractivity contribution is -0.132. The number of likely N-dealkylation sites (tertiary alicyclic amines) is 1. The number of hydrogen-bond donors (Lipinski definition) is 1. The van der Waals surface area contributed by atoms with Crippen LogP contribution in [0.2, 0.25) is 5.02 Å². The Morgan fingerprint density at radius 1 is 1.32 bits per heavy atom. The quantitative estimate of drug-likeness (QED) is 0.715. The van der Waals surface area contributed by atoms with Gasteiger partial charge < -0.3 is 19.5 Å². The van der Waals surface area contributed by atoms with Crippen LogP contribution in [0.25, 0.3) is 0 Å². The number of ether oxygens (including phenoxy) is 1. The summed E-state index contributed by atoms with van der Waals surface area (Å²) < 4.78 is 10.5. The van der Waals surface area contributed by atoms with Gasteiger partial charge >= 0.3 is 0 Å². The zero-order valence-electron chi connectivity index (χ0n) is 15.8. The van der Waals surface area contributed by atoms with E-state index in [1.807, 2.05) is 23.1 Å². The molecule has 2 amide bonds. The van der Waals surface area contributed by atoms with Crippen molar-refractivity contribution in [2.75, 3.05) is 19.7 Å². The van der Waals surface area contributed by atoms with Crippen molar-refractivity contribution in [3.8, 4) is 5.75 Å². The van der Waals surface area contributed by atoms with Crippen LogP contribution in [0.3, 0.4) is 0 Å². The molecule has 0 spiro atoms. The van der Waals surface area contributed by atoms with E-state index in [1.165, 1.54) is 0 Å². The van der Waals surface area contributed by atoms with E-state index in [1.54, 1.807) is 19.1 Å². The van der Waals surface area contributed by atoms with Crippen LogP contribution in [0, 0.1) is 6.92 Å². The first kappa shape index (κ1) is 20.2. The van der Waals surface area contributed by atoms with Crippen LogP contribution in [0.15, 0.2) is 34.9 Å². The van der Waals surface area contributed by atoms with Crippen LogP contribution in [0.5, 0.6) is 5.75 Å². The van der Waals surface area contributed by atoms with Gasteiger partial charge in [0.15, 0.2) is 5.69 Å². The summed E-state index contributed by atoms with van der Waals surface area (Å²) in [4.78, 5) is 26.3. The van der Waals surface area contributed by atoms with Crippen LogP contribution in [-0.4, -0.2) is 47.6 Å². The summed E-state index contributed by atoms with van der Waals surface area (Å²) in [6.07, 6.45) is 2.51. The fourth-order valence-corrected chi connectivity index (χ4v) is 3.32. The van der Waals surface area contributed by atoms with Crippen molar-refractivity contribution in [2.45, 2.75) is 38.6 Å². The molecule has 2 aromatic rings. The van der Waals surface area contributed by atoms with Gasteiger partial charge in [0.25, 0.3) is 5.91 Å². The van der Waals surface area contributed by atoms with Gasteiger partial charge in [-0.25, -0.2) is 0 Å². The molecule has 1 aromatic carbocycles. The first-order valence-electron chi connectivity index (χ1n) is 9.42. The van der Waals surface area contributed by atoms with Crippen molar-refractivity contribution in [3.05, 3.63) is 46.8 Å². The Hall–Kier alpha value is -2.54. The zero-order valence-corrected chi connectivity index (χ0v) is 16.6. The largest absolute Gasteiger partial charge is 0.492 e. The van der Waals surface area contributed by atoms with Crippen molar-refractivity contribution in [1.82, 2.24) is 15.4 Å². The molecule has 0 aliphatic carbocycles. The molecule has 7 nitrogen and oxygen atoms in total. The fraction of sp³-hybridized carbons (Fsp3) is 0.450. The minimum atomic E-state index is -0.238. The molecule has 0 saturated carbocycles. The van der Waals surface area contributed by atoms with Gasteiger partial charge in [-0.15, -0.1) is 0 Å². The van der Waals surface area contributed by atoms with Crippen LogP contribution in [0.1, 0.15) is 41.9 Å². The van der Waals surface area contributed by atoms with Crippen molar-refractivity contribution in [1.29, 1.82) is 0 Å². The smallest absolute Gasteiger partial charge is 0.273 e. The van der Waals surface area contributed by atoms with Gasteiger partial charge in [0.1, 0.15) is 11.5 Å². The molecule has 1 fully saturated rings. The van der Waals surface area contributed by atoms with Gasteiger partial charge in [-0.05, 0) is 38.3 Å². The maximum Gasteiger partial charge on any atom is 0.273 e. The van der Waals surface area contributed by atoms with E-state index in [0.717, 1.165) is 12.8 Å². The highest BCUT2D eigenvalue weighted by molar-refractivity contribution is 6.32. The molecule has 3 rings (SSSR count). The lowest BCUT2D eigenvalue weighted by atomic mass is 10.0. The number of rotatable bonds is 7. The summed E-state index contributed by atoms with van der Waals surface area (Å²) in [6, 6.07) is 8.94. The third-order valence-electron chi connectivity index (χ3n) is 4.67. The number of hydrogen-bond acceptors (Lipinski definition) is 5. The highest BCUT2D eigenvalue weighted by Crippen LogP contribution is 2.23. The minimum absolute atomic E-state index is 0.0390. The van der Waals surface area contributed by atoms with Gasteiger partial charge in [-0.3, -0.25) is 9.59 Å². The van der Waals surface area contributed by atoms with Crippen molar-refractivity contribution in [2.24, 2.45) is 0 Å². The molecule has 0 radical (unpaired) electrons. The number of halogens is 1. The van der Waals surface area contributed by atoms with Gasteiger partial charge in [-0.2, -0.15) is 0 Å². The van der Waals surface area contributed by atoms with Gasteiger partial charge in [0, 0.05) is 31.6 Å². The van der Waals surface area contributed by atoms with Gasteiger partial charge in [-0.1, -0.05) is 28.9 Å². The number of carbonyl (C=O) groups excluding carboxylic acids is 2. The van der Waals surface area contributed by atoms with Gasteiger partial charge in [0.05, 0.1) is 11.6 Å². The Bertz CT molecular complexity index is 815. The lowest BCUT2D eigenvalue weighted by Gasteiger charge is -2.32. The second-order valence-electron chi connectivity index (χ2n) is 6.83.